The molecule has 1 unspecified atom stereocenters. The fraction of sp³-hybridized carbons (Fsp3) is 0.615. The Morgan fingerprint density at radius 1 is 1.63 bits per heavy atom. The number of nitrogens with two attached hydrogens (primary N) is 1. The summed E-state index contributed by atoms with van der Waals surface area (Å²) < 4.78 is 0. The number of hydrogen-bond donors (Lipinski definition) is 1. The molecule has 2 rings (SSSR count). The van der Waals surface area contributed by atoms with Gasteiger partial charge in [0.15, 0.2) is 0 Å². The van der Waals surface area contributed by atoms with E-state index in [1.165, 1.54) is 12.6 Å². The number of anilines is 1. The number of aromatic nitrogens is 1. The van der Waals surface area contributed by atoms with Crippen LogP contribution < -0.4 is 10.6 Å². The van der Waals surface area contributed by atoms with Crippen molar-refractivity contribution in [2.45, 2.75) is 26.2 Å². The molecule has 1 aromatic heterocycles. The molecule has 2 heterocycles. The molecule has 1 aliphatic heterocycles. The standard InChI is InChI=1S/C13H20N4O2/c1-10-7-12(17(18)19)8-15-13(10)16-6-2-3-11(9-16)4-5-14/h7-8,11H,2-6,9,14H2,1H3. The molecule has 0 spiro atoms. The predicted molar refractivity (Wildman–Crippen MR) is 74.2 cm³/mol. The Balaban J connectivity index is 2.15. The summed E-state index contributed by atoms with van der Waals surface area (Å²) in [5.41, 5.74) is 6.53. The van der Waals surface area contributed by atoms with E-state index in [1.54, 1.807) is 6.07 Å². The van der Waals surface area contributed by atoms with Crippen molar-refractivity contribution >= 4 is 11.5 Å². The van der Waals surface area contributed by atoms with Crippen LogP contribution in [0.5, 0.6) is 0 Å². The first-order chi connectivity index (χ1) is 9.11. The van der Waals surface area contributed by atoms with E-state index < -0.39 is 4.92 Å². The average molecular weight is 264 g/mol. The summed E-state index contributed by atoms with van der Waals surface area (Å²) >= 11 is 0. The zero-order valence-corrected chi connectivity index (χ0v) is 11.2. The molecule has 0 saturated carbocycles. The highest BCUT2D eigenvalue weighted by Gasteiger charge is 2.22. The van der Waals surface area contributed by atoms with Crippen LogP contribution in [0.3, 0.4) is 0 Å². The van der Waals surface area contributed by atoms with Crippen LogP contribution in [0.1, 0.15) is 24.8 Å². The number of nitro groups is 1. The first-order valence-electron chi connectivity index (χ1n) is 6.68. The van der Waals surface area contributed by atoms with Crippen molar-refractivity contribution in [2.24, 2.45) is 11.7 Å². The van der Waals surface area contributed by atoms with Crippen LogP contribution >= 0.6 is 0 Å². The van der Waals surface area contributed by atoms with Crippen LogP contribution in [0, 0.1) is 23.0 Å². The third-order valence-electron chi connectivity index (χ3n) is 3.64. The van der Waals surface area contributed by atoms with E-state index in [9.17, 15) is 10.1 Å². The molecule has 0 bridgehead atoms. The number of aryl methyl sites for hydroxylation is 1. The average Bonchev–Trinajstić information content (AvgIpc) is 2.39. The van der Waals surface area contributed by atoms with Crippen LogP contribution in [0.15, 0.2) is 12.3 Å². The van der Waals surface area contributed by atoms with Gasteiger partial charge in [0, 0.05) is 19.2 Å². The van der Waals surface area contributed by atoms with Crippen molar-refractivity contribution in [1.82, 2.24) is 4.98 Å². The largest absolute Gasteiger partial charge is 0.356 e. The highest BCUT2D eigenvalue weighted by molar-refractivity contribution is 5.50. The van der Waals surface area contributed by atoms with Crippen molar-refractivity contribution in [3.63, 3.8) is 0 Å². The summed E-state index contributed by atoms with van der Waals surface area (Å²) in [6, 6.07) is 1.59. The van der Waals surface area contributed by atoms with Gasteiger partial charge in [-0.05, 0) is 44.2 Å². The summed E-state index contributed by atoms with van der Waals surface area (Å²) in [5.74, 6) is 1.47. The Morgan fingerprint density at radius 2 is 2.42 bits per heavy atom. The van der Waals surface area contributed by atoms with E-state index in [4.69, 9.17) is 5.73 Å². The summed E-state index contributed by atoms with van der Waals surface area (Å²) in [5, 5.41) is 10.7. The van der Waals surface area contributed by atoms with E-state index in [2.05, 4.69) is 9.88 Å². The molecule has 6 heteroatoms. The maximum absolute atomic E-state index is 10.7. The molecule has 104 valence electrons. The number of hydrogen-bond acceptors (Lipinski definition) is 5. The van der Waals surface area contributed by atoms with Gasteiger partial charge in [-0.2, -0.15) is 0 Å². The normalized spacial score (nSPS) is 19.5. The van der Waals surface area contributed by atoms with Crippen molar-refractivity contribution in [3.05, 3.63) is 27.9 Å². The fourth-order valence-electron chi connectivity index (χ4n) is 2.71. The zero-order valence-electron chi connectivity index (χ0n) is 11.2. The summed E-state index contributed by atoms with van der Waals surface area (Å²) in [4.78, 5) is 16.8. The van der Waals surface area contributed by atoms with Gasteiger partial charge < -0.3 is 10.6 Å². The Morgan fingerprint density at radius 3 is 3.05 bits per heavy atom. The minimum absolute atomic E-state index is 0.0526. The lowest BCUT2D eigenvalue weighted by Crippen LogP contribution is -2.37. The smallest absolute Gasteiger partial charge is 0.287 e. The summed E-state index contributed by atoms with van der Waals surface area (Å²) in [7, 11) is 0. The third kappa shape index (κ3) is 3.20. The molecule has 0 amide bonds. The number of pyridine rings is 1. The number of piperidine rings is 1. The lowest BCUT2D eigenvalue weighted by atomic mass is 9.94. The van der Waals surface area contributed by atoms with Crippen LogP contribution in [0.2, 0.25) is 0 Å². The highest BCUT2D eigenvalue weighted by Crippen LogP contribution is 2.27. The molecular formula is C13H20N4O2. The Kier molecular flexibility index (Phi) is 4.31. The van der Waals surface area contributed by atoms with Crippen molar-refractivity contribution in [2.75, 3.05) is 24.5 Å². The van der Waals surface area contributed by atoms with Gasteiger partial charge in [0.1, 0.15) is 12.0 Å². The Labute approximate surface area is 112 Å². The van der Waals surface area contributed by atoms with Crippen LogP contribution in [-0.2, 0) is 0 Å². The molecule has 0 aliphatic carbocycles. The van der Waals surface area contributed by atoms with Gasteiger partial charge >= 0.3 is 0 Å². The van der Waals surface area contributed by atoms with Gasteiger partial charge in [0.25, 0.3) is 5.69 Å². The molecule has 1 atom stereocenters. The van der Waals surface area contributed by atoms with Crippen molar-refractivity contribution in [3.8, 4) is 0 Å². The predicted octanol–water partition coefficient (Wildman–Crippen LogP) is 1.86. The summed E-state index contributed by atoms with van der Waals surface area (Å²) in [6.07, 6.45) is 4.71. The van der Waals surface area contributed by atoms with E-state index >= 15 is 0 Å². The van der Waals surface area contributed by atoms with E-state index in [0.717, 1.165) is 37.3 Å². The molecule has 2 N–H and O–H groups in total. The second-order valence-corrected chi connectivity index (χ2v) is 5.12. The molecule has 1 saturated heterocycles. The topological polar surface area (TPSA) is 85.3 Å². The monoisotopic (exact) mass is 264 g/mol. The second-order valence-electron chi connectivity index (χ2n) is 5.12. The molecule has 1 aliphatic rings. The van der Waals surface area contributed by atoms with Gasteiger partial charge in [0.05, 0.1) is 4.92 Å². The Hall–Kier alpha value is -1.69. The number of nitrogens with zero attached hydrogens (tertiary/aromatic N) is 3. The number of rotatable bonds is 4. The van der Waals surface area contributed by atoms with E-state index in [0.29, 0.717) is 12.5 Å². The lowest BCUT2D eigenvalue weighted by molar-refractivity contribution is -0.385. The first kappa shape index (κ1) is 13.7. The molecule has 19 heavy (non-hydrogen) atoms. The van der Waals surface area contributed by atoms with Crippen molar-refractivity contribution < 1.29 is 4.92 Å². The fourth-order valence-corrected chi connectivity index (χ4v) is 2.71. The quantitative estimate of drug-likeness (QED) is 0.662. The first-order valence-corrected chi connectivity index (χ1v) is 6.68. The maximum atomic E-state index is 10.7. The lowest BCUT2D eigenvalue weighted by Gasteiger charge is -2.34. The van der Waals surface area contributed by atoms with E-state index in [-0.39, 0.29) is 5.69 Å². The van der Waals surface area contributed by atoms with Crippen LogP contribution in [-0.4, -0.2) is 29.5 Å². The molecule has 6 nitrogen and oxygen atoms in total. The summed E-state index contributed by atoms with van der Waals surface area (Å²) in [6.45, 7) is 4.50. The molecule has 1 aromatic rings. The SMILES string of the molecule is Cc1cc([N+](=O)[O-])cnc1N1CCCC(CCN)C1. The third-order valence-corrected chi connectivity index (χ3v) is 3.64. The maximum Gasteiger partial charge on any atom is 0.287 e. The molecular weight excluding hydrogens is 244 g/mol. The van der Waals surface area contributed by atoms with Gasteiger partial charge in [-0.25, -0.2) is 4.98 Å². The van der Waals surface area contributed by atoms with Gasteiger partial charge in [-0.15, -0.1) is 0 Å². The molecule has 0 aromatic carbocycles. The van der Waals surface area contributed by atoms with Crippen LogP contribution in [0.25, 0.3) is 0 Å². The Bertz CT molecular complexity index is 462. The van der Waals surface area contributed by atoms with Gasteiger partial charge in [-0.3, -0.25) is 10.1 Å². The highest BCUT2D eigenvalue weighted by atomic mass is 16.6. The molecule has 0 radical (unpaired) electrons. The minimum atomic E-state index is -0.406. The zero-order chi connectivity index (χ0) is 13.8. The van der Waals surface area contributed by atoms with Crippen molar-refractivity contribution in [1.29, 1.82) is 0 Å². The minimum Gasteiger partial charge on any atom is -0.356 e. The van der Waals surface area contributed by atoms with E-state index in [1.807, 2.05) is 6.92 Å². The molecule has 1 fully saturated rings. The van der Waals surface area contributed by atoms with Gasteiger partial charge in [0.2, 0.25) is 0 Å². The van der Waals surface area contributed by atoms with Gasteiger partial charge in [-0.1, -0.05) is 0 Å². The van der Waals surface area contributed by atoms with Crippen LogP contribution in [0.4, 0.5) is 11.5 Å². The second kappa shape index (κ2) is 5.97.